The largest absolute Gasteiger partial charge is 0.472 e. The summed E-state index contributed by atoms with van der Waals surface area (Å²) in [6.07, 6.45) is 91.4. The van der Waals surface area contributed by atoms with E-state index in [-0.39, 0.29) is 31.5 Å². The first kappa shape index (κ1) is 84.9. The third kappa shape index (κ3) is 67.3. The van der Waals surface area contributed by atoms with E-state index in [4.69, 9.17) is 13.8 Å². The summed E-state index contributed by atoms with van der Waals surface area (Å²) in [5.74, 6) is -0.508. The fourth-order valence-corrected chi connectivity index (χ4v) is 11.3. The molecule has 0 aliphatic carbocycles. The van der Waals surface area contributed by atoms with E-state index in [9.17, 15) is 19.0 Å². The summed E-state index contributed by atoms with van der Waals surface area (Å²) in [7, 11) is 1.49. The molecular formula is C78H142N2O7P+. The van der Waals surface area contributed by atoms with E-state index >= 15 is 0 Å². The van der Waals surface area contributed by atoms with Gasteiger partial charge in [-0.2, -0.15) is 0 Å². The third-order valence-corrected chi connectivity index (χ3v) is 17.2. The Labute approximate surface area is 545 Å². The predicted octanol–water partition coefficient (Wildman–Crippen LogP) is 23.8. The molecule has 0 radical (unpaired) electrons. The lowest BCUT2D eigenvalue weighted by Gasteiger charge is -2.27. The van der Waals surface area contributed by atoms with Crippen molar-refractivity contribution in [1.29, 1.82) is 0 Å². The van der Waals surface area contributed by atoms with Crippen LogP contribution in [-0.2, 0) is 27.9 Å². The molecule has 510 valence electrons. The van der Waals surface area contributed by atoms with Crippen LogP contribution < -0.4 is 5.32 Å². The number of unbranched alkanes of at least 4 members (excludes halogenated alkanes) is 37. The lowest BCUT2D eigenvalue weighted by molar-refractivity contribution is -0.870. The molecule has 9 nitrogen and oxygen atoms in total. The van der Waals surface area contributed by atoms with Crippen LogP contribution in [0.25, 0.3) is 0 Å². The number of carbonyl (C=O) groups is 2. The van der Waals surface area contributed by atoms with Crippen molar-refractivity contribution < 1.29 is 37.3 Å². The summed E-state index contributed by atoms with van der Waals surface area (Å²) < 4.78 is 30.9. The Morgan fingerprint density at radius 1 is 0.409 bits per heavy atom. The van der Waals surface area contributed by atoms with Gasteiger partial charge in [-0.25, -0.2) is 4.57 Å². The predicted molar refractivity (Wildman–Crippen MR) is 383 cm³/mol. The molecule has 3 atom stereocenters. The van der Waals surface area contributed by atoms with E-state index in [1.807, 2.05) is 33.3 Å². The van der Waals surface area contributed by atoms with Gasteiger partial charge in [0.1, 0.15) is 19.3 Å². The van der Waals surface area contributed by atoms with Crippen LogP contribution in [0.15, 0.2) is 97.2 Å². The number of rotatable bonds is 67. The van der Waals surface area contributed by atoms with Crippen LogP contribution in [0.1, 0.15) is 335 Å². The number of amides is 1. The zero-order chi connectivity index (χ0) is 64.2. The van der Waals surface area contributed by atoms with Crippen molar-refractivity contribution in [1.82, 2.24) is 5.32 Å². The second-order valence-corrected chi connectivity index (χ2v) is 27.5. The molecule has 0 aromatic rings. The number of likely N-dealkylation sites (N-methyl/N-ethyl adjacent to an activating group) is 1. The van der Waals surface area contributed by atoms with Gasteiger partial charge >= 0.3 is 13.8 Å². The molecule has 0 saturated heterocycles. The first-order valence-corrected chi connectivity index (χ1v) is 38.6. The molecule has 0 spiro atoms. The number of hydrogen-bond donors (Lipinski definition) is 2. The van der Waals surface area contributed by atoms with Crippen molar-refractivity contribution >= 4 is 19.7 Å². The van der Waals surface area contributed by atoms with Crippen LogP contribution in [-0.4, -0.2) is 74.3 Å². The second kappa shape index (κ2) is 66.8. The summed E-state index contributed by atoms with van der Waals surface area (Å²) in [5.41, 5.74) is 0. The highest BCUT2D eigenvalue weighted by molar-refractivity contribution is 7.47. The van der Waals surface area contributed by atoms with Crippen LogP contribution in [0, 0.1) is 0 Å². The minimum Gasteiger partial charge on any atom is -0.456 e. The quantitative estimate of drug-likeness (QED) is 0.0205. The number of nitrogens with one attached hydrogen (secondary N) is 1. The molecule has 0 rings (SSSR count). The molecule has 0 aromatic heterocycles. The molecule has 0 aliphatic rings. The van der Waals surface area contributed by atoms with Crippen LogP contribution in [0.4, 0.5) is 0 Å². The highest BCUT2D eigenvalue weighted by Gasteiger charge is 2.30. The van der Waals surface area contributed by atoms with Gasteiger partial charge in [0.2, 0.25) is 5.91 Å². The fourth-order valence-electron chi connectivity index (χ4n) is 10.6. The Hall–Kier alpha value is -3.07. The maximum absolute atomic E-state index is 13.6. The Morgan fingerprint density at radius 3 is 1.10 bits per heavy atom. The first-order chi connectivity index (χ1) is 42.9. The summed E-state index contributed by atoms with van der Waals surface area (Å²) in [4.78, 5) is 38.0. The second-order valence-electron chi connectivity index (χ2n) is 26.1. The number of nitrogens with zero attached hydrogens (tertiary/aromatic N) is 1. The molecule has 0 saturated carbocycles. The topological polar surface area (TPSA) is 111 Å². The van der Waals surface area contributed by atoms with Crippen molar-refractivity contribution in [3.8, 4) is 0 Å². The van der Waals surface area contributed by atoms with Gasteiger partial charge in [-0.05, 0) is 109 Å². The Kier molecular flexibility index (Phi) is 64.5. The normalized spacial score (nSPS) is 14.0. The number of esters is 1. The summed E-state index contributed by atoms with van der Waals surface area (Å²) >= 11 is 0. The average molecular weight is 1250 g/mol. The maximum Gasteiger partial charge on any atom is 0.472 e. The number of carbonyl (C=O) groups excluding carboxylic acids is 2. The standard InChI is InChI=1S/C78H141N2O7P/c1-7-10-13-16-19-22-25-28-30-32-34-36-38-39-40-41-43-45-47-49-51-53-56-59-62-65-68-71-78(82)87-76(69-66-63-60-57-54-27-24-21-18-15-12-9-3)75(74-86-88(83,84)85-73-72-80(4,5)6)79-77(81)70-67-64-61-58-55-52-50-48-46-44-42-37-35-33-31-29-26-23-20-17-14-11-8-2/h10,13,19,22,28-31,34,36,39-40,43,45,66,69,75-76H,7-9,11-12,14-18,20-21,23-27,32-33,35,37-38,41-42,44,46-65,67-68,70-74H2,1-6H3,(H-,79,81,83,84)/p+1/b13-10-,22-19-,30-28-,31-29+,36-34-,40-39-,45-43-,69-66+. The smallest absolute Gasteiger partial charge is 0.456 e. The fraction of sp³-hybridized carbons (Fsp3) is 0.769. The average Bonchev–Trinajstić information content (AvgIpc) is 3.61. The molecular weight excluding hydrogens is 1110 g/mol. The molecule has 3 unspecified atom stereocenters. The number of phosphoric ester groups is 1. The number of hydrogen-bond acceptors (Lipinski definition) is 6. The van der Waals surface area contributed by atoms with Gasteiger partial charge in [0, 0.05) is 12.8 Å². The van der Waals surface area contributed by atoms with E-state index in [0.717, 1.165) is 109 Å². The Balaban J connectivity index is 5.04. The number of ether oxygens (including phenoxy) is 1. The molecule has 0 aromatic carbocycles. The summed E-state index contributed by atoms with van der Waals surface area (Å²) in [6, 6.07) is -0.857. The van der Waals surface area contributed by atoms with Gasteiger partial charge in [-0.3, -0.25) is 18.6 Å². The summed E-state index contributed by atoms with van der Waals surface area (Å²) in [6.45, 7) is 6.92. The minimum absolute atomic E-state index is 0.0361. The zero-order valence-corrected chi connectivity index (χ0v) is 59.3. The molecule has 0 heterocycles. The molecule has 10 heteroatoms. The Bertz CT molecular complexity index is 1830. The molecule has 2 N–H and O–H groups in total. The van der Waals surface area contributed by atoms with Crippen molar-refractivity contribution in [2.24, 2.45) is 0 Å². The molecule has 88 heavy (non-hydrogen) atoms. The third-order valence-electron chi connectivity index (χ3n) is 16.3. The Morgan fingerprint density at radius 2 is 0.727 bits per heavy atom. The van der Waals surface area contributed by atoms with Crippen molar-refractivity contribution in [2.45, 2.75) is 348 Å². The molecule has 0 aliphatic heterocycles. The molecule has 0 fully saturated rings. The number of phosphoric acid groups is 1. The highest BCUT2D eigenvalue weighted by Crippen LogP contribution is 2.43. The van der Waals surface area contributed by atoms with Gasteiger partial charge in [-0.15, -0.1) is 0 Å². The van der Waals surface area contributed by atoms with Crippen molar-refractivity contribution in [3.05, 3.63) is 97.2 Å². The number of allylic oxidation sites excluding steroid dienone is 15. The molecule has 0 bridgehead atoms. The van der Waals surface area contributed by atoms with E-state index in [1.165, 1.54) is 193 Å². The van der Waals surface area contributed by atoms with E-state index < -0.39 is 20.0 Å². The lowest BCUT2D eigenvalue weighted by Crippen LogP contribution is -2.47. The minimum atomic E-state index is -4.46. The summed E-state index contributed by atoms with van der Waals surface area (Å²) in [5, 5.41) is 3.07. The highest BCUT2D eigenvalue weighted by atomic mass is 31.2. The van der Waals surface area contributed by atoms with Gasteiger partial charge < -0.3 is 19.4 Å². The van der Waals surface area contributed by atoms with Gasteiger partial charge in [0.15, 0.2) is 0 Å². The van der Waals surface area contributed by atoms with Crippen LogP contribution in [0.5, 0.6) is 0 Å². The van der Waals surface area contributed by atoms with Gasteiger partial charge in [0.25, 0.3) is 0 Å². The van der Waals surface area contributed by atoms with Crippen LogP contribution >= 0.6 is 7.82 Å². The SMILES string of the molecule is CC/C=C\C/C=C\C/C=C\C/C=C\C/C=C\C/C=C\CCCCCCCCCCC(=O)OC(/C=C/CCCCCCCCCCCC)C(COP(=O)(O)OCC[N+](C)(C)C)NC(=O)CCCCCCCCCCCCCCC/C=C/CCCCCCCC. The van der Waals surface area contributed by atoms with Crippen molar-refractivity contribution in [3.63, 3.8) is 0 Å². The van der Waals surface area contributed by atoms with E-state index in [0.29, 0.717) is 17.4 Å². The lowest BCUT2D eigenvalue weighted by atomic mass is 10.0. The van der Waals surface area contributed by atoms with E-state index in [2.05, 4.69) is 111 Å². The van der Waals surface area contributed by atoms with Crippen molar-refractivity contribution in [2.75, 3.05) is 40.9 Å². The number of quaternary nitrogens is 1. The monoisotopic (exact) mass is 1250 g/mol. The van der Waals surface area contributed by atoms with E-state index in [1.54, 1.807) is 0 Å². The van der Waals surface area contributed by atoms with Gasteiger partial charge in [0.05, 0.1) is 33.8 Å². The zero-order valence-electron chi connectivity index (χ0n) is 58.5. The maximum atomic E-state index is 13.6. The van der Waals surface area contributed by atoms with Crippen LogP contribution in [0.3, 0.4) is 0 Å². The first-order valence-electron chi connectivity index (χ1n) is 37.1. The molecule has 1 amide bonds. The van der Waals surface area contributed by atoms with Crippen LogP contribution in [0.2, 0.25) is 0 Å². The van der Waals surface area contributed by atoms with Gasteiger partial charge in [-0.1, -0.05) is 311 Å².